The number of carbonyl (C=O) groups is 1. The molecular weight excluding hydrogens is 407 g/mol. The van der Waals surface area contributed by atoms with Crippen LogP contribution in [0.25, 0.3) is 11.0 Å². The Bertz CT molecular complexity index is 1220. The lowest BCUT2D eigenvalue weighted by Crippen LogP contribution is -2.08. The van der Waals surface area contributed by atoms with Gasteiger partial charge in [0.05, 0.1) is 22.3 Å². The van der Waals surface area contributed by atoms with E-state index in [-0.39, 0.29) is 19.0 Å². The summed E-state index contributed by atoms with van der Waals surface area (Å²) >= 11 is 1.41. The number of hydrogen-bond acceptors (Lipinski definition) is 7. The van der Waals surface area contributed by atoms with Crippen molar-refractivity contribution in [3.05, 3.63) is 69.2 Å². The number of nitrogens with zero attached hydrogens (tertiary/aromatic N) is 4. The van der Waals surface area contributed by atoms with Crippen LogP contribution in [0.4, 0.5) is 4.39 Å². The molecule has 1 aromatic carbocycles. The zero-order valence-electron chi connectivity index (χ0n) is 16.7. The van der Waals surface area contributed by atoms with Crippen molar-refractivity contribution < 1.29 is 18.7 Å². The molecule has 30 heavy (non-hydrogen) atoms. The van der Waals surface area contributed by atoms with E-state index in [9.17, 15) is 9.18 Å². The van der Waals surface area contributed by atoms with Gasteiger partial charge >= 0.3 is 5.97 Å². The minimum absolute atomic E-state index is 0.0497. The smallest absolute Gasteiger partial charge is 0.339 e. The quantitative estimate of drug-likeness (QED) is 0.432. The molecule has 0 aliphatic heterocycles. The van der Waals surface area contributed by atoms with Crippen LogP contribution < -0.4 is 4.74 Å². The van der Waals surface area contributed by atoms with E-state index in [0.29, 0.717) is 33.7 Å². The van der Waals surface area contributed by atoms with Gasteiger partial charge in [0.15, 0.2) is 5.65 Å². The van der Waals surface area contributed by atoms with Crippen LogP contribution in [0, 0.1) is 19.7 Å². The van der Waals surface area contributed by atoms with Crippen LogP contribution in [0.3, 0.4) is 0 Å². The van der Waals surface area contributed by atoms with Crippen molar-refractivity contribution in [3.63, 3.8) is 0 Å². The average molecular weight is 426 g/mol. The highest BCUT2D eigenvalue weighted by molar-refractivity contribution is 7.09. The Labute approximate surface area is 176 Å². The number of hydrogen-bond donors (Lipinski definition) is 0. The monoisotopic (exact) mass is 426 g/mol. The fourth-order valence-corrected chi connectivity index (χ4v) is 3.80. The number of halogens is 1. The van der Waals surface area contributed by atoms with Gasteiger partial charge in [0.25, 0.3) is 0 Å². The van der Waals surface area contributed by atoms with E-state index in [1.54, 1.807) is 29.9 Å². The third-order valence-electron chi connectivity index (χ3n) is 4.44. The van der Waals surface area contributed by atoms with Gasteiger partial charge < -0.3 is 9.47 Å². The Hall–Kier alpha value is -3.33. The van der Waals surface area contributed by atoms with Crippen LogP contribution in [-0.4, -0.2) is 25.7 Å². The van der Waals surface area contributed by atoms with Crippen molar-refractivity contribution in [2.45, 2.75) is 27.1 Å². The third kappa shape index (κ3) is 4.16. The molecule has 9 heteroatoms. The summed E-state index contributed by atoms with van der Waals surface area (Å²) in [5.74, 6) is -0.203. The molecule has 0 aliphatic rings. The van der Waals surface area contributed by atoms with Gasteiger partial charge in [0, 0.05) is 18.1 Å². The molecule has 0 atom stereocenters. The molecule has 0 fully saturated rings. The second kappa shape index (κ2) is 8.19. The predicted octanol–water partition coefficient (Wildman–Crippen LogP) is 4.12. The van der Waals surface area contributed by atoms with Gasteiger partial charge in [-0.15, -0.1) is 11.3 Å². The van der Waals surface area contributed by atoms with E-state index in [1.807, 2.05) is 19.2 Å². The topological polar surface area (TPSA) is 79.1 Å². The number of ether oxygens (including phenoxy) is 2. The van der Waals surface area contributed by atoms with Gasteiger partial charge in [0.2, 0.25) is 0 Å². The molecule has 0 saturated heterocycles. The molecule has 0 spiro atoms. The molecule has 0 radical (unpaired) electrons. The lowest BCUT2D eigenvalue weighted by molar-refractivity contribution is 0.0470. The van der Waals surface area contributed by atoms with Crippen LogP contribution in [0.15, 0.2) is 35.7 Å². The van der Waals surface area contributed by atoms with Crippen molar-refractivity contribution in [1.82, 2.24) is 19.7 Å². The van der Waals surface area contributed by atoms with Crippen molar-refractivity contribution in [3.8, 4) is 5.75 Å². The first-order valence-corrected chi connectivity index (χ1v) is 10.1. The summed E-state index contributed by atoms with van der Waals surface area (Å²) in [6.07, 6.45) is 0. The van der Waals surface area contributed by atoms with Crippen LogP contribution >= 0.6 is 11.3 Å². The molecule has 4 rings (SSSR count). The molecule has 3 aromatic heterocycles. The fourth-order valence-electron chi connectivity index (χ4n) is 3.11. The lowest BCUT2D eigenvalue weighted by Gasteiger charge is -2.06. The Morgan fingerprint density at radius 1 is 1.17 bits per heavy atom. The summed E-state index contributed by atoms with van der Waals surface area (Å²) in [6, 6.07) is 7.50. The molecule has 0 unspecified atom stereocenters. The van der Waals surface area contributed by atoms with E-state index in [4.69, 9.17) is 9.47 Å². The van der Waals surface area contributed by atoms with Crippen LogP contribution in [-0.2, 0) is 25.0 Å². The summed E-state index contributed by atoms with van der Waals surface area (Å²) in [5.41, 5.74) is 3.16. The summed E-state index contributed by atoms with van der Waals surface area (Å²) in [6.45, 7) is 3.97. The maximum absolute atomic E-state index is 12.9. The summed E-state index contributed by atoms with van der Waals surface area (Å²) in [5, 5.41) is 7.59. The zero-order valence-corrected chi connectivity index (χ0v) is 17.5. The van der Waals surface area contributed by atoms with Crippen molar-refractivity contribution in [1.29, 1.82) is 0 Å². The highest BCUT2D eigenvalue weighted by Crippen LogP contribution is 2.23. The SMILES string of the molecule is Cc1cc(C(=O)OCc2csc(COc3ccc(F)cc3)n2)c2c(C)nn(C)c2n1. The average Bonchev–Trinajstić information content (AvgIpc) is 3.29. The number of thiazole rings is 1. The molecule has 3 heterocycles. The minimum Gasteiger partial charge on any atom is -0.486 e. The molecule has 0 N–H and O–H groups in total. The molecule has 0 aliphatic carbocycles. The number of benzene rings is 1. The molecule has 4 aromatic rings. The lowest BCUT2D eigenvalue weighted by atomic mass is 10.1. The van der Waals surface area contributed by atoms with Crippen molar-refractivity contribution in [2.75, 3.05) is 0 Å². The first-order chi connectivity index (χ1) is 14.4. The number of rotatable bonds is 6. The third-order valence-corrected chi connectivity index (χ3v) is 5.31. The number of aromatic nitrogens is 4. The van der Waals surface area contributed by atoms with Crippen LogP contribution in [0.2, 0.25) is 0 Å². The number of pyridine rings is 1. The molecule has 0 bridgehead atoms. The minimum atomic E-state index is -0.446. The maximum Gasteiger partial charge on any atom is 0.339 e. The second-order valence-electron chi connectivity index (χ2n) is 6.77. The zero-order chi connectivity index (χ0) is 21.3. The van der Waals surface area contributed by atoms with E-state index in [2.05, 4.69) is 15.1 Å². The van der Waals surface area contributed by atoms with E-state index in [0.717, 1.165) is 10.7 Å². The van der Waals surface area contributed by atoms with Crippen LogP contribution in [0.1, 0.15) is 32.4 Å². The maximum atomic E-state index is 12.9. The van der Waals surface area contributed by atoms with E-state index < -0.39 is 5.97 Å². The molecule has 154 valence electrons. The summed E-state index contributed by atoms with van der Waals surface area (Å²) in [7, 11) is 1.79. The number of aryl methyl sites for hydroxylation is 3. The molecule has 0 amide bonds. The number of fused-ring (bicyclic) bond motifs is 1. The van der Waals surface area contributed by atoms with Crippen molar-refractivity contribution >= 4 is 28.3 Å². The first-order valence-electron chi connectivity index (χ1n) is 9.20. The van der Waals surface area contributed by atoms with Gasteiger partial charge in [-0.2, -0.15) is 5.10 Å². The van der Waals surface area contributed by atoms with Gasteiger partial charge in [-0.25, -0.2) is 19.2 Å². The Morgan fingerprint density at radius 2 is 1.93 bits per heavy atom. The van der Waals surface area contributed by atoms with Gasteiger partial charge in [-0.1, -0.05) is 0 Å². The van der Waals surface area contributed by atoms with Crippen LogP contribution in [0.5, 0.6) is 5.75 Å². The van der Waals surface area contributed by atoms with Crippen molar-refractivity contribution in [2.24, 2.45) is 7.05 Å². The van der Waals surface area contributed by atoms with E-state index in [1.165, 1.54) is 23.5 Å². The predicted molar refractivity (Wildman–Crippen MR) is 110 cm³/mol. The van der Waals surface area contributed by atoms with Gasteiger partial charge in [-0.3, -0.25) is 4.68 Å². The largest absolute Gasteiger partial charge is 0.486 e. The number of carbonyl (C=O) groups excluding carboxylic acids is 1. The molecule has 0 saturated carbocycles. The highest BCUT2D eigenvalue weighted by Gasteiger charge is 2.19. The van der Waals surface area contributed by atoms with E-state index >= 15 is 0 Å². The summed E-state index contributed by atoms with van der Waals surface area (Å²) in [4.78, 5) is 21.6. The fraction of sp³-hybridized carbons (Fsp3) is 0.238. The Morgan fingerprint density at radius 3 is 2.70 bits per heavy atom. The molecule has 7 nitrogen and oxygen atoms in total. The Kier molecular flexibility index (Phi) is 5.45. The number of esters is 1. The first kappa shape index (κ1) is 20.0. The standard InChI is InChI=1S/C21H19FN4O3S/c1-12-8-17(19-13(2)25-26(3)20(19)23-12)21(27)29-9-15-11-30-18(24-15)10-28-16-6-4-14(22)5-7-16/h4-8,11H,9-10H2,1-3H3. The second-order valence-corrected chi connectivity index (χ2v) is 7.71. The van der Waals surface area contributed by atoms with Gasteiger partial charge in [0.1, 0.15) is 29.8 Å². The highest BCUT2D eigenvalue weighted by atomic mass is 32.1. The Balaban J connectivity index is 1.41. The van der Waals surface area contributed by atoms with Gasteiger partial charge in [-0.05, 0) is 44.2 Å². The summed E-state index contributed by atoms with van der Waals surface area (Å²) < 4.78 is 25.7. The molecular formula is C21H19FN4O3S. The normalized spacial score (nSPS) is 11.1.